The largest absolute Gasteiger partial charge is 0.463 e. The lowest BCUT2D eigenvalue weighted by Crippen LogP contribution is -2.41. The van der Waals surface area contributed by atoms with Crippen molar-refractivity contribution < 1.29 is 31.9 Å². The first-order valence-corrected chi connectivity index (χ1v) is 10.8. The molecule has 0 amide bonds. The molecule has 0 radical (unpaired) electrons. The van der Waals surface area contributed by atoms with Crippen molar-refractivity contribution >= 4 is 17.4 Å². The van der Waals surface area contributed by atoms with E-state index in [1.807, 2.05) is 0 Å². The highest BCUT2D eigenvalue weighted by atomic mass is 19.4. The van der Waals surface area contributed by atoms with Gasteiger partial charge in [0.25, 0.3) is 0 Å². The molecule has 2 aromatic carbocycles. The predicted octanol–water partition coefficient (Wildman–Crippen LogP) is 5.19. The number of ketones is 1. The quantitative estimate of drug-likeness (QED) is 0.488. The third-order valence-electron chi connectivity index (χ3n) is 5.92. The molecule has 9 heteroatoms. The van der Waals surface area contributed by atoms with Crippen LogP contribution < -0.4 is 10.6 Å². The van der Waals surface area contributed by atoms with Gasteiger partial charge in [0.15, 0.2) is 5.78 Å². The molecular weight excluding hydrogens is 452 g/mol. The average Bonchev–Trinajstić information content (AvgIpc) is 2.79. The summed E-state index contributed by atoms with van der Waals surface area (Å²) in [4.78, 5) is 27.6. The Bertz CT molecular complexity index is 1200. The Morgan fingerprint density at radius 1 is 1.15 bits per heavy atom. The lowest BCUT2D eigenvalue weighted by molar-refractivity contribution is -0.139. The number of hydrogen-bond donors (Lipinski definition) is 1. The van der Waals surface area contributed by atoms with E-state index in [1.54, 1.807) is 6.92 Å². The smallest absolute Gasteiger partial charge is 0.416 e. The van der Waals surface area contributed by atoms with Gasteiger partial charge in [-0.3, -0.25) is 9.69 Å². The number of nitrogens with zero attached hydrogens (tertiary/aromatic N) is 1. The van der Waals surface area contributed by atoms with Crippen LogP contribution in [0.2, 0.25) is 0 Å². The molecule has 2 aromatic rings. The van der Waals surface area contributed by atoms with Gasteiger partial charge in [0.1, 0.15) is 11.6 Å². The minimum atomic E-state index is -4.59. The second-order valence-corrected chi connectivity index (χ2v) is 8.02. The molecule has 0 saturated carbocycles. The maximum absolute atomic E-state index is 13.6. The number of carbonyl (C=O) groups excluding carboxylic acids is 2. The van der Waals surface area contributed by atoms with Crippen LogP contribution in [0.3, 0.4) is 0 Å². The lowest BCUT2D eigenvalue weighted by atomic mass is 9.75. The van der Waals surface area contributed by atoms with Crippen LogP contribution in [-0.4, -0.2) is 18.4 Å². The summed E-state index contributed by atoms with van der Waals surface area (Å²) in [6.45, 7) is 1.63. The van der Waals surface area contributed by atoms with E-state index >= 15 is 0 Å². The number of hydrogen-bond acceptors (Lipinski definition) is 5. The summed E-state index contributed by atoms with van der Waals surface area (Å²) in [6, 6.07) is 9.87. The Hall–Kier alpha value is -3.62. The molecule has 4 rings (SSSR count). The highest BCUT2D eigenvalue weighted by molar-refractivity contribution is 6.05. The highest BCUT2D eigenvalue weighted by Gasteiger charge is 2.43. The van der Waals surface area contributed by atoms with Gasteiger partial charge in [0, 0.05) is 23.4 Å². The van der Waals surface area contributed by atoms with Crippen molar-refractivity contribution in [3.63, 3.8) is 0 Å². The molecule has 1 aliphatic carbocycles. The summed E-state index contributed by atoms with van der Waals surface area (Å²) in [7, 11) is 0. The Labute approximate surface area is 193 Å². The van der Waals surface area contributed by atoms with Gasteiger partial charge in [-0.15, -0.1) is 0 Å². The summed E-state index contributed by atoms with van der Waals surface area (Å²) >= 11 is 0. The van der Waals surface area contributed by atoms with Gasteiger partial charge in [0.2, 0.25) is 0 Å². The Morgan fingerprint density at radius 2 is 1.85 bits per heavy atom. The summed E-state index contributed by atoms with van der Waals surface area (Å²) < 4.78 is 59.1. The molecular formula is C25H22F4N2O3. The number of esters is 1. The van der Waals surface area contributed by atoms with Gasteiger partial charge in [-0.2, -0.15) is 13.2 Å². The molecule has 34 heavy (non-hydrogen) atoms. The molecule has 178 valence electrons. The fraction of sp³-hybridized carbons (Fsp3) is 0.280. The predicted molar refractivity (Wildman–Crippen MR) is 117 cm³/mol. The van der Waals surface area contributed by atoms with Gasteiger partial charge in [-0.05, 0) is 55.7 Å². The second-order valence-electron chi connectivity index (χ2n) is 8.02. The second kappa shape index (κ2) is 8.96. The zero-order chi connectivity index (χ0) is 24.6. The minimum Gasteiger partial charge on any atom is -0.463 e. The summed E-state index contributed by atoms with van der Waals surface area (Å²) in [5, 5.41) is 0. The number of alkyl halides is 3. The summed E-state index contributed by atoms with van der Waals surface area (Å²) in [5.41, 5.74) is 6.72. The minimum absolute atomic E-state index is 0.0230. The number of rotatable bonds is 4. The standard InChI is InChI=1S/C25H22F4N2O3/c1-2-34-24(33)22-20(14-9-11-16(26)12-10-14)21-18(7-4-8-19(21)32)31(23(22)30)17-6-3-5-15(13-17)25(27,28)29/h3,5-6,9-13,20H,2,4,7-8,30H2,1H3/t20-/m1/s1. The number of halogens is 4. The molecule has 0 aromatic heterocycles. The fourth-order valence-electron chi connectivity index (χ4n) is 4.50. The van der Waals surface area contributed by atoms with Crippen molar-refractivity contribution in [2.45, 2.75) is 38.3 Å². The maximum Gasteiger partial charge on any atom is 0.416 e. The van der Waals surface area contributed by atoms with Crippen LogP contribution >= 0.6 is 0 Å². The highest BCUT2D eigenvalue weighted by Crippen LogP contribution is 2.47. The molecule has 1 atom stereocenters. The van der Waals surface area contributed by atoms with Gasteiger partial charge < -0.3 is 10.5 Å². The van der Waals surface area contributed by atoms with Crippen molar-refractivity contribution in [2.75, 3.05) is 11.5 Å². The van der Waals surface area contributed by atoms with E-state index in [0.717, 1.165) is 12.1 Å². The summed E-state index contributed by atoms with van der Waals surface area (Å²) in [5.74, 6) is -2.59. The van der Waals surface area contributed by atoms with Crippen molar-refractivity contribution in [3.05, 3.63) is 88.1 Å². The first-order chi connectivity index (χ1) is 16.1. The molecule has 0 saturated heterocycles. The number of anilines is 1. The zero-order valence-corrected chi connectivity index (χ0v) is 18.3. The van der Waals surface area contributed by atoms with E-state index in [9.17, 15) is 27.2 Å². The van der Waals surface area contributed by atoms with Crippen LogP contribution in [0, 0.1) is 5.82 Å². The van der Waals surface area contributed by atoms with Crippen molar-refractivity contribution in [1.82, 2.24) is 0 Å². The van der Waals surface area contributed by atoms with Crippen molar-refractivity contribution in [3.8, 4) is 0 Å². The van der Waals surface area contributed by atoms with Gasteiger partial charge in [-0.1, -0.05) is 18.2 Å². The van der Waals surface area contributed by atoms with Crippen LogP contribution in [0.1, 0.15) is 43.2 Å². The van der Waals surface area contributed by atoms with Gasteiger partial charge in [-0.25, -0.2) is 9.18 Å². The molecule has 0 bridgehead atoms. The van der Waals surface area contributed by atoms with Crippen LogP contribution in [0.15, 0.2) is 71.2 Å². The zero-order valence-electron chi connectivity index (χ0n) is 18.3. The van der Waals surface area contributed by atoms with E-state index in [2.05, 4.69) is 0 Å². The summed E-state index contributed by atoms with van der Waals surface area (Å²) in [6.07, 6.45) is -3.54. The molecule has 2 aliphatic rings. The molecule has 0 spiro atoms. The fourth-order valence-corrected chi connectivity index (χ4v) is 4.50. The van der Waals surface area contributed by atoms with Crippen LogP contribution in [0.25, 0.3) is 0 Å². The molecule has 0 fully saturated rings. The number of allylic oxidation sites excluding steroid dienone is 2. The Balaban J connectivity index is 1.98. The molecule has 5 nitrogen and oxygen atoms in total. The average molecular weight is 474 g/mol. The van der Waals surface area contributed by atoms with E-state index in [-0.39, 0.29) is 41.5 Å². The lowest BCUT2D eigenvalue weighted by Gasteiger charge is -2.40. The number of benzene rings is 2. The van der Waals surface area contributed by atoms with Gasteiger partial charge >= 0.3 is 12.1 Å². The maximum atomic E-state index is 13.6. The van der Waals surface area contributed by atoms with Crippen molar-refractivity contribution in [1.29, 1.82) is 0 Å². The molecule has 1 heterocycles. The van der Waals surface area contributed by atoms with E-state index < -0.39 is 29.4 Å². The molecule has 0 unspecified atom stereocenters. The Kier molecular flexibility index (Phi) is 6.20. The number of carbonyl (C=O) groups is 2. The number of ether oxygens (including phenoxy) is 1. The third-order valence-corrected chi connectivity index (χ3v) is 5.92. The SMILES string of the molecule is CCOC(=O)C1=C(N)N(c2cccc(C(F)(F)F)c2)C2=C(C(=O)CCC2)[C@H]1c1ccc(F)cc1. The van der Waals surface area contributed by atoms with E-state index in [1.165, 1.54) is 41.3 Å². The number of nitrogens with two attached hydrogens (primary N) is 1. The van der Waals surface area contributed by atoms with E-state index in [0.29, 0.717) is 24.1 Å². The Morgan fingerprint density at radius 3 is 2.50 bits per heavy atom. The van der Waals surface area contributed by atoms with Crippen LogP contribution in [-0.2, 0) is 20.5 Å². The topological polar surface area (TPSA) is 72.6 Å². The first kappa shape index (κ1) is 23.5. The normalized spacial score (nSPS) is 18.8. The first-order valence-electron chi connectivity index (χ1n) is 10.8. The van der Waals surface area contributed by atoms with Crippen LogP contribution in [0.4, 0.5) is 23.2 Å². The van der Waals surface area contributed by atoms with E-state index in [4.69, 9.17) is 10.5 Å². The monoisotopic (exact) mass is 474 g/mol. The van der Waals surface area contributed by atoms with Crippen LogP contribution in [0.5, 0.6) is 0 Å². The molecule has 2 N–H and O–H groups in total. The van der Waals surface area contributed by atoms with Crippen molar-refractivity contribution in [2.24, 2.45) is 5.73 Å². The molecule has 1 aliphatic heterocycles. The third kappa shape index (κ3) is 4.18. The number of Topliss-reactive ketones (excluding diaryl/α,β-unsaturated/α-hetero) is 1. The van der Waals surface area contributed by atoms with Gasteiger partial charge in [0.05, 0.1) is 23.7 Å².